The van der Waals surface area contributed by atoms with Gasteiger partial charge < -0.3 is 0 Å². The highest BCUT2D eigenvalue weighted by Gasteiger charge is 2.13. The van der Waals surface area contributed by atoms with Gasteiger partial charge in [-0.15, -0.1) is 0 Å². The quantitative estimate of drug-likeness (QED) is 0.739. The van der Waals surface area contributed by atoms with Crippen LogP contribution in [0.15, 0.2) is 77.2 Å². The van der Waals surface area contributed by atoms with Crippen LogP contribution in [0, 0.1) is 0 Å². The van der Waals surface area contributed by atoms with Crippen LogP contribution in [-0.2, 0) is 9.84 Å². The van der Waals surface area contributed by atoms with Crippen molar-refractivity contribution in [3.05, 3.63) is 82.9 Å². The Balaban J connectivity index is 2.05. The van der Waals surface area contributed by atoms with E-state index in [-0.39, 0.29) is 5.75 Å². The first kappa shape index (κ1) is 16.5. The fourth-order valence-electron chi connectivity index (χ4n) is 1.96. The van der Waals surface area contributed by atoms with Crippen molar-refractivity contribution >= 4 is 27.5 Å². The third kappa shape index (κ3) is 4.86. The zero-order valence-corrected chi connectivity index (χ0v) is 13.8. The topological polar surface area (TPSA) is 34.1 Å². The standard InChI is InChI=1S/C18H17ClO2S/c1-15(6-5-7-16-10-12-17(19)13-11-16)14-22(20,21)18-8-3-2-4-9-18/h2-13H,14H2,1H3. The van der Waals surface area contributed by atoms with Gasteiger partial charge >= 0.3 is 0 Å². The van der Waals surface area contributed by atoms with Crippen LogP contribution in [0.3, 0.4) is 0 Å². The number of sulfone groups is 1. The summed E-state index contributed by atoms with van der Waals surface area (Å²) in [6.45, 7) is 1.81. The lowest BCUT2D eigenvalue weighted by atomic mass is 10.2. The number of allylic oxidation sites excluding steroid dienone is 2. The lowest BCUT2D eigenvalue weighted by molar-refractivity contribution is 0.598. The smallest absolute Gasteiger partial charge is 0.182 e. The Morgan fingerprint density at radius 3 is 2.32 bits per heavy atom. The Hall–Kier alpha value is -1.84. The highest BCUT2D eigenvalue weighted by atomic mass is 35.5. The maximum atomic E-state index is 12.2. The zero-order chi connectivity index (χ0) is 16.0. The van der Waals surface area contributed by atoms with Crippen LogP contribution in [0.25, 0.3) is 6.08 Å². The molecule has 2 rings (SSSR count). The fourth-order valence-corrected chi connectivity index (χ4v) is 3.52. The average Bonchev–Trinajstić information content (AvgIpc) is 2.50. The monoisotopic (exact) mass is 332 g/mol. The molecule has 0 radical (unpaired) electrons. The average molecular weight is 333 g/mol. The predicted octanol–water partition coefficient (Wildman–Crippen LogP) is 4.77. The van der Waals surface area contributed by atoms with Gasteiger partial charge in [-0.2, -0.15) is 0 Å². The molecule has 0 aliphatic rings. The van der Waals surface area contributed by atoms with Crippen LogP contribution in [0.1, 0.15) is 12.5 Å². The Morgan fingerprint density at radius 1 is 1.05 bits per heavy atom. The van der Waals surface area contributed by atoms with E-state index in [4.69, 9.17) is 11.6 Å². The molecule has 0 aliphatic carbocycles. The minimum atomic E-state index is -3.28. The van der Waals surface area contributed by atoms with Gasteiger partial charge in [0.25, 0.3) is 0 Å². The van der Waals surface area contributed by atoms with Crippen molar-refractivity contribution in [2.45, 2.75) is 11.8 Å². The summed E-state index contributed by atoms with van der Waals surface area (Å²) < 4.78 is 24.5. The maximum Gasteiger partial charge on any atom is 0.182 e. The second-order valence-electron chi connectivity index (χ2n) is 5.00. The van der Waals surface area contributed by atoms with E-state index >= 15 is 0 Å². The summed E-state index contributed by atoms with van der Waals surface area (Å²) in [7, 11) is -3.28. The van der Waals surface area contributed by atoms with Crippen LogP contribution in [0.5, 0.6) is 0 Å². The molecule has 0 amide bonds. The third-order valence-electron chi connectivity index (χ3n) is 3.06. The van der Waals surface area contributed by atoms with Crippen LogP contribution in [0.2, 0.25) is 5.02 Å². The first-order valence-corrected chi connectivity index (χ1v) is 8.87. The van der Waals surface area contributed by atoms with E-state index < -0.39 is 9.84 Å². The van der Waals surface area contributed by atoms with Crippen molar-refractivity contribution in [3.63, 3.8) is 0 Å². The zero-order valence-electron chi connectivity index (χ0n) is 12.2. The summed E-state index contributed by atoms with van der Waals surface area (Å²) in [5, 5.41) is 0.692. The van der Waals surface area contributed by atoms with E-state index in [2.05, 4.69) is 0 Å². The van der Waals surface area contributed by atoms with Gasteiger partial charge in [0.15, 0.2) is 9.84 Å². The van der Waals surface area contributed by atoms with E-state index in [1.54, 1.807) is 30.3 Å². The van der Waals surface area contributed by atoms with Crippen molar-refractivity contribution in [3.8, 4) is 0 Å². The fraction of sp³-hybridized carbons (Fsp3) is 0.111. The molecular weight excluding hydrogens is 316 g/mol. The Kier molecular flexibility index (Phi) is 5.58. The lowest BCUT2D eigenvalue weighted by Gasteiger charge is -2.03. The van der Waals surface area contributed by atoms with Gasteiger partial charge in [0.2, 0.25) is 0 Å². The summed E-state index contributed by atoms with van der Waals surface area (Å²) in [6.07, 6.45) is 5.57. The van der Waals surface area contributed by atoms with E-state index in [1.165, 1.54) is 0 Å². The SMILES string of the molecule is CC(=CC=Cc1ccc(Cl)cc1)CS(=O)(=O)c1ccccc1. The molecule has 114 valence electrons. The molecule has 4 heteroatoms. The molecule has 0 saturated heterocycles. The van der Waals surface area contributed by atoms with Gasteiger partial charge in [0.1, 0.15) is 0 Å². The molecule has 0 bridgehead atoms. The highest BCUT2D eigenvalue weighted by molar-refractivity contribution is 7.91. The molecule has 0 saturated carbocycles. The first-order valence-electron chi connectivity index (χ1n) is 6.84. The summed E-state index contributed by atoms with van der Waals surface area (Å²) in [4.78, 5) is 0.351. The minimum absolute atomic E-state index is 0.0158. The largest absolute Gasteiger partial charge is 0.223 e. The van der Waals surface area contributed by atoms with Gasteiger partial charge in [-0.05, 0) is 36.8 Å². The summed E-state index contributed by atoms with van der Waals surface area (Å²) in [6, 6.07) is 15.9. The second-order valence-corrected chi connectivity index (χ2v) is 7.42. The van der Waals surface area contributed by atoms with E-state index in [0.717, 1.165) is 11.1 Å². The molecule has 2 aromatic carbocycles. The van der Waals surface area contributed by atoms with Crippen molar-refractivity contribution in [2.75, 3.05) is 5.75 Å². The summed E-state index contributed by atoms with van der Waals surface area (Å²) in [5.41, 5.74) is 1.80. The van der Waals surface area contributed by atoms with Crippen molar-refractivity contribution in [1.29, 1.82) is 0 Å². The van der Waals surface area contributed by atoms with Crippen LogP contribution < -0.4 is 0 Å². The highest BCUT2D eigenvalue weighted by Crippen LogP contribution is 2.14. The molecule has 0 aliphatic heterocycles. The first-order chi connectivity index (χ1) is 10.5. The van der Waals surface area contributed by atoms with Crippen LogP contribution in [0.4, 0.5) is 0 Å². The molecule has 0 unspecified atom stereocenters. The maximum absolute atomic E-state index is 12.2. The molecule has 0 N–H and O–H groups in total. The van der Waals surface area contributed by atoms with Crippen LogP contribution in [-0.4, -0.2) is 14.2 Å². The molecular formula is C18H17ClO2S. The van der Waals surface area contributed by atoms with Gasteiger partial charge in [-0.3, -0.25) is 0 Å². The molecule has 0 fully saturated rings. The summed E-state index contributed by atoms with van der Waals surface area (Å²) in [5.74, 6) is 0.0158. The van der Waals surface area contributed by atoms with E-state index in [0.29, 0.717) is 9.92 Å². The Bertz CT molecular complexity index is 774. The molecule has 0 heterocycles. The van der Waals surface area contributed by atoms with Crippen molar-refractivity contribution in [1.82, 2.24) is 0 Å². The van der Waals surface area contributed by atoms with Gasteiger partial charge in [-0.1, -0.05) is 65.7 Å². The van der Waals surface area contributed by atoms with Crippen LogP contribution >= 0.6 is 11.6 Å². The molecule has 22 heavy (non-hydrogen) atoms. The number of rotatable bonds is 5. The lowest BCUT2D eigenvalue weighted by Crippen LogP contribution is -2.07. The minimum Gasteiger partial charge on any atom is -0.223 e. The predicted molar refractivity (Wildman–Crippen MR) is 92.7 cm³/mol. The van der Waals surface area contributed by atoms with Gasteiger partial charge in [0, 0.05) is 5.02 Å². The van der Waals surface area contributed by atoms with E-state index in [9.17, 15) is 8.42 Å². The molecule has 0 aromatic heterocycles. The number of benzene rings is 2. The Labute approximate surface area is 136 Å². The van der Waals surface area contributed by atoms with E-state index in [1.807, 2.05) is 49.4 Å². The third-order valence-corrected chi connectivity index (χ3v) is 5.14. The van der Waals surface area contributed by atoms with Gasteiger partial charge in [0.05, 0.1) is 10.6 Å². The van der Waals surface area contributed by atoms with Crippen molar-refractivity contribution in [2.24, 2.45) is 0 Å². The van der Waals surface area contributed by atoms with Crippen molar-refractivity contribution < 1.29 is 8.42 Å². The Morgan fingerprint density at radius 2 is 1.68 bits per heavy atom. The number of hydrogen-bond donors (Lipinski definition) is 0. The molecule has 0 atom stereocenters. The molecule has 2 aromatic rings. The molecule has 2 nitrogen and oxygen atoms in total. The summed E-state index contributed by atoms with van der Waals surface area (Å²) >= 11 is 5.82. The normalized spacial score (nSPS) is 12.7. The van der Waals surface area contributed by atoms with Gasteiger partial charge in [-0.25, -0.2) is 8.42 Å². The molecule has 0 spiro atoms. The number of hydrogen-bond acceptors (Lipinski definition) is 2. The number of halogens is 1. The second kappa shape index (κ2) is 7.43.